The summed E-state index contributed by atoms with van der Waals surface area (Å²) in [6, 6.07) is 0.951. The Labute approximate surface area is 259 Å². The van der Waals surface area contributed by atoms with Gasteiger partial charge >= 0.3 is 12.2 Å². The molecule has 0 bridgehead atoms. The Morgan fingerprint density at radius 3 is 2.84 bits per heavy atom. The lowest BCUT2D eigenvalue weighted by molar-refractivity contribution is -0.140. The Morgan fingerprint density at radius 1 is 1.29 bits per heavy atom. The van der Waals surface area contributed by atoms with Crippen LogP contribution in [0.2, 0.25) is 0 Å². The number of nitrogens with two attached hydrogens (primary N) is 1. The largest absolute Gasteiger partial charge is 0.461 e. The van der Waals surface area contributed by atoms with E-state index in [1.807, 2.05) is 4.90 Å². The molecule has 4 aliphatic rings. The lowest BCUT2D eigenvalue weighted by atomic mass is 9.90. The number of hydrogen-bond acceptors (Lipinski definition) is 9. The predicted octanol–water partition coefficient (Wildman–Crippen LogP) is 4.16. The van der Waals surface area contributed by atoms with E-state index in [-0.39, 0.29) is 37.7 Å². The number of nitrogens with zero attached hydrogens (tertiary/aromatic N) is 4. The molecule has 0 unspecified atom stereocenters. The number of aromatic nitrogens is 2. The molecule has 4 aliphatic heterocycles. The van der Waals surface area contributed by atoms with Crippen LogP contribution in [0.25, 0.3) is 0 Å². The summed E-state index contributed by atoms with van der Waals surface area (Å²) in [5.41, 5.74) is 3.65. The van der Waals surface area contributed by atoms with E-state index in [1.165, 1.54) is 6.92 Å². The van der Waals surface area contributed by atoms with E-state index in [0.29, 0.717) is 36.8 Å². The summed E-state index contributed by atoms with van der Waals surface area (Å²) in [4.78, 5) is 13.6. The Hall–Kier alpha value is -3.44. The maximum Gasteiger partial charge on any atom is 0.418 e. The van der Waals surface area contributed by atoms with Crippen LogP contribution in [0.1, 0.15) is 67.2 Å². The van der Waals surface area contributed by atoms with E-state index in [0.717, 1.165) is 44.0 Å². The van der Waals surface area contributed by atoms with Crippen LogP contribution in [-0.4, -0.2) is 77.1 Å². The highest BCUT2D eigenvalue weighted by Gasteiger charge is 2.47. The minimum Gasteiger partial charge on any atom is -0.461 e. The number of fused-ring (bicyclic) bond motifs is 2. The molecule has 6 rings (SSSR count). The van der Waals surface area contributed by atoms with Gasteiger partial charge in [-0.1, -0.05) is 18.1 Å². The summed E-state index contributed by atoms with van der Waals surface area (Å²) in [6.45, 7) is 10.1. The van der Waals surface area contributed by atoms with Gasteiger partial charge in [0.25, 0.3) is 0 Å². The molecule has 45 heavy (non-hydrogen) atoms. The number of anilines is 2. The van der Waals surface area contributed by atoms with Gasteiger partial charge in [-0.15, -0.1) is 5.92 Å². The fourth-order valence-electron chi connectivity index (χ4n) is 7.11. The first-order chi connectivity index (χ1) is 21.3. The van der Waals surface area contributed by atoms with Crippen molar-refractivity contribution in [2.45, 2.75) is 69.6 Å². The molecule has 9 nitrogen and oxygen atoms in total. The molecule has 0 saturated carbocycles. The third-order valence-electron chi connectivity index (χ3n) is 9.01. The molecule has 2 aromatic rings. The molecule has 3 N–H and O–H groups in total. The first-order valence-electron chi connectivity index (χ1n) is 15.0. The summed E-state index contributed by atoms with van der Waals surface area (Å²) in [7, 11) is 0. The summed E-state index contributed by atoms with van der Waals surface area (Å²) in [6.07, 6.45) is -3.71. The highest BCUT2D eigenvalue weighted by atomic mass is 19.4. The van der Waals surface area contributed by atoms with E-state index < -0.39 is 46.1 Å². The molecule has 0 aliphatic carbocycles. The zero-order valence-corrected chi connectivity index (χ0v) is 25.4. The second-order valence-electron chi connectivity index (χ2n) is 12.7. The van der Waals surface area contributed by atoms with Crippen molar-refractivity contribution in [3.8, 4) is 17.9 Å². The maximum atomic E-state index is 15.5. The number of rotatable bonds is 5. The lowest BCUT2D eigenvalue weighted by Crippen LogP contribution is -2.44. The highest BCUT2D eigenvalue weighted by Crippen LogP contribution is 2.45. The lowest BCUT2D eigenvalue weighted by Gasteiger charge is -2.34. The molecule has 1 aromatic heterocycles. The van der Waals surface area contributed by atoms with Crippen LogP contribution < -0.4 is 15.4 Å². The van der Waals surface area contributed by atoms with Crippen LogP contribution in [0.5, 0.6) is 6.01 Å². The van der Waals surface area contributed by atoms with Crippen molar-refractivity contribution in [2.75, 3.05) is 56.6 Å². The Bertz CT molecular complexity index is 1570. The Kier molecular flexibility index (Phi) is 8.22. The van der Waals surface area contributed by atoms with E-state index in [9.17, 15) is 18.3 Å². The normalized spacial score (nSPS) is 27.0. The third-order valence-corrected chi connectivity index (χ3v) is 9.01. The van der Waals surface area contributed by atoms with Crippen molar-refractivity contribution in [3.63, 3.8) is 0 Å². The van der Waals surface area contributed by atoms with Crippen LogP contribution >= 0.6 is 0 Å². The first-order valence-corrected chi connectivity index (χ1v) is 15.0. The molecule has 13 heteroatoms. The Balaban J connectivity index is 1.41. The molecule has 242 valence electrons. The van der Waals surface area contributed by atoms with E-state index >= 15 is 4.39 Å². The average Bonchev–Trinajstić information content (AvgIpc) is 3.42. The summed E-state index contributed by atoms with van der Waals surface area (Å²) < 4.78 is 76.7. The van der Waals surface area contributed by atoms with Gasteiger partial charge < -0.3 is 30.0 Å². The van der Waals surface area contributed by atoms with Gasteiger partial charge in [0.15, 0.2) is 5.82 Å². The van der Waals surface area contributed by atoms with E-state index in [1.54, 1.807) is 6.92 Å². The number of β-amino-alcohol motifs (C(OH)–C–C–N with tert-alkyl or cyclic N) is 1. The van der Waals surface area contributed by atoms with Crippen LogP contribution in [0, 0.1) is 17.7 Å². The van der Waals surface area contributed by atoms with Gasteiger partial charge in [-0.3, -0.25) is 4.90 Å². The van der Waals surface area contributed by atoms with Gasteiger partial charge in [0.1, 0.15) is 18.0 Å². The smallest absolute Gasteiger partial charge is 0.418 e. The van der Waals surface area contributed by atoms with Gasteiger partial charge in [0.05, 0.1) is 55.0 Å². The zero-order chi connectivity index (χ0) is 32.1. The highest BCUT2D eigenvalue weighted by molar-refractivity contribution is 5.59. The molecule has 0 amide bonds. The fourth-order valence-corrected chi connectivity index (χ4v) is 7.11. The Morgan fingerprint density at radius 2 is 2.09 bits per heavy atom. The van der Waals surface area contributed by atoms with Crippen molar-refractivity contribution < 1.29 is 36.9 Å². The minimum absolute atomic E-state index is 0.0505. The third kappa shape index (κ3) is 6.08. The number of ether oxygens (including phenoxy) is 3. The molecule has 5 heterocycles. The van der Waals surface area contributed by atoms with Crippen molar-refractivity contribution in [1.29, 1.82) is 0 Å². The number of halogens is 4. The molecular weight excluding hydrogens is 594 g/mol. The zero-order valence-electron chi connectivity index (χ0n) is 25.4. The van der Waals surface area contributed by atoms with E-state index in [4.69, 9.17) is 24.9 Å². The van der Waals surface area contributed by atoms with Gasteiger partial charge in [0.2, 0.25) is 0 Å². The first kappa shape index (κ1) is 31.5. The van der Waals surface area contributed by atoms with Crippen molar-refractivity contribution >= 4 is 11.5 Å². The second kappa shape index (κ2) is 11.7. The maximum absolute atomic E-state index is 15.5. The number of benzene rings is 1. The van der Waals surface area contributed by atoms with Crippen LogP contribution in [0.3, 0.4) is 0 Å². The standard InChI is InChI=1S/C32H37F4N5O4/c1-4-6-20-11-22(37)27(33)25(26(20)32(34,35)36)24-12-23-21(15-44-24)28(40-9-10-43-17-30(3,42)16-40)39-29(38-23)45-18-31-7-5-8-41(31)14-19(2)13-31/h11,24,42H,2,5,7-10,12-18,37H2,1,3H3/t24-,30+,31-/m0/s1. The molecule has 3 atom stereocenters. The molecule has 3 saturated heterocycles. The molecule has 1 aromatic carbocycles. The van der Waals surface area contributed by atoms with Gasteiger partial charge in [0, 0.05) is 36.2 Å². The van der Waals surface area contributed by atoms with Crippen LogP contribution in [-0.2, 0) is 28.7 Å². The van der Waals surface area contributed by atoms with E-state index in [2.05, 4.69) is 28.3 Å². The van der Waals surface area contributed by atoms with Gasteiger partial charge in [-0.25, -0.2) is 4.39 Å². The van der Waals surface area contributed by atoms with Crippen molar-refractivity contribution in [2.24, 2.45) is 0 Å². The number of alkyl halides is 3. The summed E-state index contributed by atoms with van der Waals surface area (Å²) >= 11 is 0. The summed E-state index contributed by atoms with van der Waals surface area (Å²) in [5, 5.41) is 10.9. The number of hydrogen-bond donors (Lipinski definition) is 2. The average molecular weight is 632 g/mol. The van der Waals surface area contributed by atoms with Crippen molar-refractivity contribution in [1.82, 2.24) is 14.9 Å². The monoisotopic (exact) mass is 631 g/mol. The molecule has 0 spiro atoms. The SMILES string of the molecule is C=C1CN2CCC[C@@]2(COc2nc3c(c(N4CCOC[C@](C)(O)C4)n2)CO[C@H](c2c(F)c(N)cc(C#CC)c2C(F)(F)F)C3)C1. The predicted molar refractivity (Wildman–Crippen MR) is 158 cm³/mol. The second-order valence-corrected chi connectivity index (χ2v) is 12.7. The fraction of sp³-hybridized carbons (Fsp3) is 0.562. The van der Waals surface area contributed by atoms with Crippen LogP contribution in [0.15, 0.2) is 18.2 Å². The van der Waals surface area contributed by atoms with Gasteiger partial charge in [-0.05, 0) is 45.7 Å². The molecule has 0 radical (unpaired) electrons. The van der Waals surface area contributed by atoms with Crippen molar-refractivity contribution in [3.05, 3.63) is 52.0 Å². The number of aliphatic hydroxyl groups is 1. The molecular formula is C32H37F4N5O4. The number of nitrogen functional groups attached to an aromatic ring is 1. The quantitative estimate of drug-likeness (QED) is 0.218. The van der Waals surface area contributed by atoms with Gasteiger partial charge in [-0.2, -0.15) is 23.1 Å². The summed E-state index contributed by atoms with van der Waals surface area (Å²) in [5.74, 6) is 4.10. The topological polar surface area (TPSA) is 106 Å². The molecule has 3 fully saturated rings. The minimum atomic E-state index is -4.92. The van der Waals surface area contributed by atoms with Crippen LogP contribution in [0.4, 0.5) is 29.1 Å².